The number of hydrogen-bond acceptors (Lipinski definition) is 7. The Hall–Kier alpha value is -3.46. The van der Waals surface area contributed by atoms with Gasteiger partial charge in [-0.1, -0.05) is 11.6 Å². The van der Waals surface area contributed by atoms with Gasteiger partial charge in [-0.2, -0.15) is 4.68 Å². The lowest BCUT2D eigenvalue weighted by atomic mass is 10.1. The van der Waals surface area contributed by atoms with Gasteiger partial charge in [0.2, 0.25) is 0 Å². The lowest BCUT2D eigenvalue weighted by Gasteiger charge is -2.17. The second kappa shape index (κ2) is 7.28. The van der Waals surface area contributed by atoms with Crippen LogP contribution in [0.3, 0.4) is 0 Å². The van der Waals surface area contributed by atoms with Gasteiger partial charge in [0.05, 0.1) is 18.2 Å². The minimum absolute atomic E-state index is 0.209. The molecule has 0 saturated carbocycles. The Morgan fingerprint density at radius 1 is 1.29 bits per heavy atom. The number of pyridine rings is 2. The lowest BCUT2D eigenvalue weighted by molar-refractivity contribution is 0.411. The second-order valence-electron chi connectivity index (χ2n) is 6.15. The molecule has 0 saturated heterocycles. The molecule has 9 nitrogen and oxygen atoms in total. The Kier molecular flexibility index (Phi) is 4.66. The van der Waals surface area contributed by atoms with E-state index in [0.29, 0.717) is 27.7 Å². The quantitative estimate of drug-likeness (QED) is 0.532. The summed E-state index contributed by atoms with van der Waals surface area (Å²) in [5.74, 6) is 0.591. The number of benzene rings is 1. The van der Waals surface area contributed by atoms with Gasteiger partial charge in [-0.25, -0.2) is 4.98 Å². The topological polar surface area (TPSA) is 111 Å². The minimum atomic E-state index is -0.268. The maximum atomic E-state index is 12.5. The largest absolute Gasteiger partial charge is 0.494 e. The smallest absolute Gasteiger partial charge is 0.254 e. The van der Waals surface area contributed by atoms with Gasteiger partial charge < -0.3 is 15.0 Å². The summed E-state index contributed by atoms with van der Waals surface area (Å²) in [7, 11) is 1.57. The van der Waals surface area contributed by atoms with E-state index in [4.69, 9.17) is 16.3 Å². The highest BCUT2D eigenvalue weighted by Crippen LogP contribution is 2.28. The minimum Gasteiger partial charge on any atom is -0.494 e. The molecule has 4 rings (SSSR count). The number of nitrogens with one attached hydrogen (secondary N) is 2. The summed E-state index contributed by atoms with van der Waals surface area (Å²) >= 11 is 6.01. The van der Waals surface area contributed by atoms with E-state index in [0.717, 1.165) is 11.1 Å². The number of H-pyrrole nitrogens is 1. The number of aromatic nitrogens is 6. The summed E-state index contributed by atoms with van der Waals surface area (Å²) in [4.78, 5) is 19.4. The number of tetrazole rings is 1. The first-order chi connectivity index (χ1) is 13.5. The van der Waals surface area contributed by atoms with Crippen molar-refractivity contribution in [3.8, 4) is 11.4 Å². The van der Waals surface area contributed by atoms with Crippen molar-refractivity contribution in [2.45, 2.75) is 13.0 Å². The number of ether oxygens (including phenoxy) is 1. The van der Waals surface area contributed by atoms with Crippen LogP contribution in [0.15, 0.2) is 47.7 Å². The Bertz CT molecular complexity index is 1190. The Morgan fingerprint density at radius 3 is 2.89 bits per heavy atom. The van der Waals surface area contributed by atoms with Gasteiger partial charge in [0.25, 0.3) is 5.56 Å². The highest BCUT2D eigenvalue weighted by atomic mass is 35.5. The predicted molar refractivity (Wildman–Crippen MR) is 105 cm³/mol. The molecule has 142 valence electrons. The summed E-state index contributed by atoms with van der Waals surface area (Å²) in [6.07, 6.45) is 2.99. The Labute approximate surface area is 164 Å². The molecule has 0 aliphatic rings. The molecule has 0 radical (unpaired) electrons. The van der Waals surface area contributed by atoms with E-state index in [1.807, 2.05) is 25.1 Å². The van der Waals surface area contributed by atoms with Gasteiger partial charge in [-0.05, 0) is 41.6 Å². The zero-order chi connectivity index (χ0) is 19.7. The number of methoxy groups -OCH3 is 1. The summed E-state index contributed by atoms with van der Waals surface area (Å²) in [6, 6.07) is 8.80. The monoisotopic (exact) mass is 397 g/mol. The van der Waals surface area contributed by atoms with Crippen molar-refractivity contribution in [3.05, 3.63) is 63.8 Å². The average molecular weight is 398 g/mol. The second-order valence-corrected chi connectivity index (χ2v) is 6.59. The van der Waals surface area contributed by atoms with E-state index in [2.05, 4.69) is 30.8 Å². The van der Waals surface area contributed by atoms with Crippen LogP contribution < -0.4 is 15.6 Å². The SMILES string of the molecule is COc1cc(N[C@@H](C)c2cc3cc(Cl)cnc3[nH]c2=O)ccc1-n1cnnn1. The van der Waals surface area contributed by atoms with Crippen molar-refractivity contribution < 1.29 is 4.74 Å². The maximum Gasteiger partial charge on any atom is 0.254 e. The van der Waals surface area contributed by atoms with Gasteiger partial charge >= 0.3 is 0 Å². The highest BCUT2D eigenvalue weighted by molar-refractivity contribution is 6.31. The number of anilines is 1. The standard InChI is InChI=1S/C18H16ClN7O2/c1-10(14-6-11-5-12(19)8-20-17(11)23-18(14)27)22-13-3-4-15(16(7-13)28-2)26-9-21-24-25-26/h3-10,22H,1-2H3,(H,20,23,27)/t10-/m0/s1. The normalized spacial score (nSPS) is 12.1. The van der Waals surface area contributed by atoms with Gasteiger partial charge in [0.15, 0.2) is 0 Å². The molecule has 1 atom stereocenters. The number of aromatic amines is 1. The predicted octanol–water partition coefficient (Wildman–Crippen LogP) is 2.73. The molecule has 0 aliphatic heterocycles. The third kappa shape index (κ3) is 3.39. The molecule has 0 spiro atoms. The van der Waals surface area contributed by atoms with Crippen molar-refractivity contribution in [2.75, 3.05) is 12.4 Å². The van der Waals surface area contributed by atoms with E-state index in [1.165, 1.54) is 17.2 Å². The first-order valence-corrected chi connectivity index (χ1v) is 8.79. The molecular weight excluding hydrogens is 382 g/mol. The summed E-state index contributed by atoms with van der Waals surface area (Å²) < 4.78 is 6.96. The molecule has 4 aromatic rings. The Balaban J connectivity index is 1.65. The molecular formula is C18H16ClN7O2. The van der Waals surface area contributed by atoms with Crippen LogP contribution in [-0.2, 0) is 0 Å². The molecule has 3 aromatic heterocycles. The number of nitrogens with zero attached hydrogens (tertiary/aromatic N) is 5. The van der Waals surface area contributed by atoms with Crippen molar-refractivity contribution in [2.24, 2.45) is 0 Å². The molecule has 1 aromatic carbocycles. The zero-order valence-corrected chi connectivity index (χ0v) is 15.8. The molecule has 10 heteroatoms. The van der Waals surface area contributed by atoms with Crippen molar-refractivity contribution in [1.82, 2.24) is 30.2 Å². The molecule has 0 amide bonds. The fourth-order valence-corrected chi connectivity index (χ4v) is 3.13. The van der Waals surface area contributed by atoms with E-state index in [1.54, 1.807) is 19.2 Å². The van der Waals surface area contributed by atoms with E-state index in [-0.39, 0.29) is 11.6 Å². The van der Waals surface area contributed by atoms with Crippen LogP contribution in [0.5, 0.6) is 5.75 Å². The molecule has 0 bridgehead atoms. The molecule has 0 unspecified atom stereocenters. The fourth-order valence-electron chi connectivity index (χ4n) is 2.96. The average Bonchev–Trinajstić information content (AvgIpc) is 3.22. The molecule has 0 fully saturated rings. The van der Waals surface area contributed by atoms with Gasteiger partial charge in [0, 0.05) is 28.9 Å². The van der Waals surface area contributed by atoms with Crippen LogP contribution in [0.25, 0.3) is 16.7 Å². The van der Waals surface area contributed by atoms with Crippen LogP contribution in [0, 0.1) is 0 Å². The summed E-state index contributed by atoms with van der Waals surface area (Å²) in [6.45, 7) is 1.90. The zero-order valence-electron chi connectivity index (χ0n) is 15.0. The van der Waals surface area contributed by atoms with Gasteiger partial charge in [0.1, 0.15) is 23.4 Å². The van der Waals surface area contributed by atoms with Crippen molar-refractivity contribution in [3.63, 3.8) is 0 Å². The first kappa shape index (κ1) is 17.9. The van der Waals surface area contributed by atoms with Crippen LogP contribution in [0.4, 0.5) is 5.69 Å². The molecule has 2 N–H and O–H groups in total. The third-order valence-corrected chi connectivity index (χ3v) is 4.52. The maximum absolute atomic E-state index is 12.5. The Morgan fingerprint density at radius 2 is 2.14 bits per heavy atom. The summed E-state index contributed by atoms with van der Waals surface area (Å²) in [5, 5.41) is 15.7. The molecule has 28 heavy (non-hydrogen) atoms. The number of fused-ring (bicyclic) bond motifs is 1. The number of halogens is 1. The fraction of sp³-hybridized carbons (Fsp3) is 0.167. The van der Waals surface area contributed by atoms with Crippen LogP contribution in [-0.4, -0.2) is 37.3 Å². The number of rotatable bonds is 5. The highest BCUT2D eigenvalue weighted by Gasteiger charge is 2.14. The number of hydrogen-bond donors (Lipinski definition) is 2. The molecule has 0 aliphatic carbocycles. The first-order valence-electron chi connectivity index (χ1n) is 8.41. The van der Waals surface area contributed by atoms with E-state index < -0.39 is 0 Å². The summed E-state index contributed by atoms with van der Waals surface area (Å²) in [5.41, 5.74) is 2.34. The van der Waals surface area contributed by atoms with E-state index >= 15 is 0 Å². The molecule has 3 heterocycles. The lowest BCUT2D eigenvalue weighted by Crippen LogP contribution is -2.19. The van der Waals surface area contributed by atoms with Crippen LogP contribution >= 0.6 is 11.6 Å². The third-order valence-electron chi connectivity index (χ3n) is 4.31. The van der Waals surface area contributed by atoms with Crippen LogP contribution in [0.1, 0.15) is 18.5 Å². The van der Waals surface area contributed by atoms with E-state index in [9.17, 15) is 4.79 Å². The van der Waals surface area contributed by atoms with Crippen molar-refractivity contribution in [1.29, 1.82) is 0 Å². The van der Waals surface area contributed by atoms with Crippen LogP contribution in [0.2, 0.25) is 5.02 Å². The van der Waals surface area contributed by atoms with Gasteiger partial charge in [-0.3, -0.25) is 4.79 Å². The van der Waals surface area contributed by atoms with Crippen molar-refractivity contribution >= 4 is 28.3 Å². The van der Waals surface area contributed by atoms with Gasteiger partial charge in [-0.15, -0.1) is 5.10 Å².